The zero-order valence-corrected chi connectivity index (χ0v) is 7.15. The molecule has 0 amide bonds. The van der Waals surface area contributed by atoms with E-state index in [0.717, 1.165) is 18.5 Å². The third-order valence-corrected chi connectivity index (χ3v) is 2.76. The Morgan fingerprint density at radius 2 is 2.45 bits per heavy atom. The predicted molar refractivity (Wildman–Crippen MR) is 43.8 cm³/mol. The molecule has 0 unspecified atom stereocenters. The summed E-state index contributed by atoms with van der Waals surface area (Å²) in [6, 6.07) is 0. The Hall–Kier alpha value is -0.610. The van der Waals surface area contributed by atoms with Crippen LogP contribution in [0.3, 0.4) is 0 Å². The molecule has 0 aromatic carbocycles. The van der Waals surface area contributed by atoms with E-state index in [-0.39, 0.29) is 5.54 Å². The van der Waals surface area contributed by atoms with Crippen LogP contribution in [0.5, 0.6) is 5.19 Å². The Bertz CT molecular complexity index is 267. The standard InChI is InChI=1S/C7H10N2OS/c1-10-6-9-5(4-11-6)7(8)2-3-7/h4H,2-3,8H2,1H3. The Labute approximate surface area is 69.2 Å². The first kappa shape index (κ1) is 7.06. The average Bonchev–Trinajstić information content (AvgIpc) is 2.61. The van der Waals surface area contributed by atoms with Crippen molar-refractivity contribution in [1.82, 2.24) is 4.98 Å². The molecule has 0 radical (unpaired) electrons. The molecular weight excluding hydrogens is 160 g/mol. The van der Waals surface area contributed by atoms with Crippen molar-refractivity contribution in [3.63, 3.8) is 0 Å². The molecule has 1 heterocycles. The van der Waals surface area contributed by atoms with Crippen molar-refractivity contribution in [2.45, 2.75) is 18.4 Å². The van der Waals surface area contributed by atoms with Crippen molar-refractivity contribution in [2.75, 3.05) is 7.11 Å². The van der Waals surface area contributed by atoms with Gasteiger partial charge in [0.15, 0.2) is 0 Å². The average molecular weight is 170 g/mol. The fourth-order valence-electron chi connectivity index (χ4n) is 0.971. The van der Waals surface area contributed by atoms with Gasteiger partial charge in [0.1, 0.15) is 0 Å². The van der Waals surface area contributed by atoms with Crippen molar-refractivity contribution in [3.8, 4) is 5.19 Å². The largest absolute Gasteiger partial charge is 0.473 e. The summed E-state index contributed by atoms with van der Waals surface area (Å²) in [5.41, 5.74) is 6.79. The summed E-state index contributed by atoms with van der Waals surface area (Å²) in [7, 11) is 1.62. The summed E-state index contributed by atoms with van der Waals surface area (Å²) < 4.78 is 4.97. The van der Waals surface area contributed by atoms with Crippen LogP contribution in [-0.4, -0.2) is 12.1 Å². The van der Waals surface area contributed by atoms with Gasteiger partial charge >= 0.3 is 0 Å². The van der Waals surface area contributed by atoms with Gasteiger partial charge in [-0.05, 0) is 12.8 Å². The molecule has 0 saturated heterocycles. The topological polar surface area (TPSA) is 48.1 Å². The molecule has 2 rings (SSSR count). The lowest BCUT2D eigenvalue weighted by Crippen LogP contribution is -2.18. The van der Waals surface area contributed by atoms with Gasteiger partial charge in [-0.3, -0.25) is 0 Å². The molecular formula is C7H10N2OS. The molecule has 2 N–H and O–H groups in total. The lowest BCUT2D eigenvalue weighted by molar-refractivity contribution is 0.409. The minimum atomic E-state index is -0.118. The molecule has 1 aliphatic carbocycles. The van der Waals surface area contributed by atoms with Gasteiger partial charge in [0.2, 0.25) is 0 Å². The summed E-state index contributed by atoms with van der Waals surface area (Å²) in [5.74, 6) is 0. The van der Waals surface area contributed by atoms with Crippen molar-refractivity contribution in [1.29, 1.82) is 0 Å². The Morgan fingerprint density at radius 3 is 2.91 bits per heavy atom. The number of aromatic nitrogens is 1. The monoisotopic (exact) mass is 170 g/mol. The van der Waals surface area contributed by atoms with E-state index in [1.807, 2.05) is 5.38 Å². The number of thiazole rings is 1. The van der Waals surface area contributed by atoms with Crippen molar-refractivity contribution in [2.24, 2.45) is 5.73 Å². The zero-order chi connectivity index (χ0) is 7.90. The van der Waals surface area contributed by atoms with Crippen LogP contribution < -0.4 is 10.5 Å². The third kappa shape index (κ3) is 1.12. The quantitative estimate of drug-likeness (QED) is 0.723. The van der Waals surface area contributed by atoms with E-state index in [9.17, 15) is 0 Å². The summed E-state index contributed by atoms with van der Waals surface area (Å²) in [6.07, 6.45) is 2.11. The summed E-state index contributed by atoms with van der Waals surface area (Å²) in [5, 5.41) is 2.68. The molecule has 4 heteroatoms. The molecule has 1 fully saturated rings. The molecule has 11 heavy (non-hydrogen) atoms. The summed E-state index contributed by atoms with van der Waals surface area (Å²) in [4.78, 5) is 4.23. The first-order chi connectivity index (χ1) is 5.24. The second-order valence-electron chi connectivity index (χ2n) is 2.86. The zero-order valence-electron chi connectivity index (χ0n) is 6.33. The Kier molecular flexibility index (Phi) is 1.40. The second kappa shape index (κ2) is 2.19. The molecule has 1 aliphatic rings. The SMILES string of the molecule is COc1nc(C2(N)CC2)cs1. The molecule has 3 nitrogen and oxygen atoms in total. The van der Waals surface area contributed by atoms with Gasteiger partial charge in [0.25, 0.3) is 5.19 Å². The van der Waals surface area contributed by atoms with Crippen LogP contribution in [0.25, 0.3) is 0 Å². The van der Waals surface area contributed by atoms with Gasteiger partial charge in [-0.2, -0.15) is 0 Å². The van der Waals surface area contributed by atoms with Gasteiger partial charge in [0, 0.05) is 5.38 Å². The van der Waals surface area contributed by atoms with Crippen LogP contribution >= 0.6 is 11.3 Å². The number of rotatable bonds is 2. The van der Waals surface area contributed by atoms with Crippen LogP contribution in [0.2, 0.25) is 0 Å². The smallest absolute Gasteiger partial charge is 0.273 e. The number of ether oxygens (including phenoxy) is 1. The maximum absolute atomic E-state index is 5.92. The molecule has 0 atom stereocenters. The first-order valence-electron chi connectivity index (χ1n) is 3.53. The second-order valence-corrected chi connectivity index (χ2v) is 3.68. The highest BCUT2D eigenvalue weighted by atomic mass is 32.1. The van der Waals surface area contributed by atoms with E-state index in [0.29, 0.717) is 5.19 Å². The Morgan fingerprint density at radius 1 is 1.73 bits per heavy atom. The minimum Gasteiger partial charge on any atom is -0.473 e. The number of methoxy groups -OCH3 is 1. The van der Waals surface area contributed by atoms with E-state index in [1.54, 1.807) is 7.11 Å². The molecule has 1 saturated carbocycles. The molecule has 1 aromatic rings. The van der Waals surface area contributed by atoms with Gasteiger partial charge < -0.3 is 10.5 Å². The highest BCUT2D eigenvalue weighted by molar-refractivity contribution is 7.11. The van der Waals surface area contributed by atoms with E-state index in [1.165, 1.54) is 11.3 Å². The van der Waals surface area contributed by atoms with Gasteiger partial charge in [-0.25, -0.2) is 4.98 Å². The molecule has 0 aliphatic heterocycles. The third-order valence-electron chi connectivity index (χ3n) is 1.96. The van der Waals surface area contributed by atoms with E-state index in [4.69, 9.17) is 10.5 Å². The number of nitrogens with zero attached hydrogens (tertiary/aromatic N) is 1. The highest BCUT2D eigenvalue weighted by Gasteiger charge is 2.42. The van der Waals surface area contributed by atoms with Crippen LogP contribution in [0.1, 0.15) is 18.5 Å². The first-order valence-corrected chi connectivity index (χ1v) is 4.41. The molecule has 0 bridgehead atoms. The fraction of sp³-hybridized carbons (Fsp3) is 0.571. The normalized spacial score (nSPS) is 19.8. The summed E-state index contributed by atoms with van der Waals surface area (Å²) in [6.45, 7) is 0. The van der Waals surface area contributed by atoms with Crippen LogP contribution in [0.4, 0.5) is 0 Å². The van der Waals surface area contributed by atoms with Gasteiger partial charge in [0.05, 0.1) is 18.3 Å². The van der Waals surface area contributed by atoms with E-state index >= 15 is 0 Å². The maximum Gasteiger partial charge on any atom is 0.273 e. The summed E-state index contributed by atoms with van der Waals surface area (Å²) >= 11 is 1.50. The number of hydrogen-bond acceptors (Lipinski definition) is 4. The molecule has 60 valence electrons. The Balaban J connectivity index is 2.25. The minimum absolute atomic E-state index is 0.118. The van der Waals surface area contributed by atoms with Crippen molar-refractivity contribution < 1.29 is 4.74 Å². The van der Waals surface area contributed by atoms with E-state index in [2.05, 4.69) is 4.98 Å². The van der Waals surface area contributed by atoms with E-state index < -0.39 is 0 Å². The van der Waals surface area contributed by atoms with Gasteiger partial charge in [-0.15, -0.1) is 0 Å². The number of nitrogens with two attached hydrogens (primary N) is 1. The lowest BCUT2D eigenvalue weighted by Gasteiger charge is -2.01. The van der Waals surface area contributed by atoms with Crippen molar-refractivity contribution >= 4 is 11.3 Å². The molecule has 1 aromatic heterocycles. The van der Waals surface area contributed by atoms with Crippen LogP contribution in [-0.2, 0) is 5.54 Å². The maximum atomic E-state index is 5.92. The highest BCUT2D eigenvalue weighted by Crippen LogP contribution is 2.43. The fourth-order valence-corrected chi connectivity index (χ4v) is 1.72. The van der Waals surface area contributed by atoms with Crippen molar-refractivity contribution in [3.05, 3.63) is 11.1 Å². The van der Waals surface area contributed by atoms with Gasteiger partial charge in [-0.1, -0.05) is 11.3 Å². The lowest BCUT2D eigenvalue weighted by atomic mass is 10.2. The molecule has 0 spiro atoms. The van der Waals surface area contributed by atoms with Crippen LogP contribution in [0.15, 0.2) is 5.38 Å². The number of hydrogen-bond donors (Lipinski definition) is 1. The van der Waals surface area contributed by atoms with Crippen LogP contribution in [0, 0.1) is 0 Å². The predicted octanol–water partition coefficient (Wildman–Crippen LogP) is 1.10.